The summed E-state index contributed by atoms with van der Waals surface area (Å²) in [4.78, 5) is 20.6. The van der Waals surface area contributed by atoms with Crippen molar-refractivity contribution in [2.45, 2.75) is 0 Å². The summed E-state index contributed by atoms with van der Waals surface area (Å²) in [5, 5.41) is 29.4. The van der Waals surface area contributed by atoms with Gasteiger partial charge in [0, 0.05) is 11.1 Å². The van der Waals surface area contributed by atoms with Crippen molar-refractivity contribution in [2.24, 2.45) is 0 Å². The molecular weight excluding hydrogens is 353 g/mol. The van der Waals surface area contributed by atoms with Gasteiger partial charge in [-0.05, 0) is 24.3 Å². The van der Waals surface area contributed by atoms with Gasteiger partial charge < -0.3 is 29.1 Å². The van der Waals surface area contributed by atoms with E-state index < -0.39 is 22.9 Å². The van der Waals surface area contributed by atoms with Crippen LogP contribution in [0.4, 0.5) is 0 Å². The molecule has 0 atom stereocenters. The summed E-state index contributed by atoms with van der Waals surface area (Å²) in [5.41, 5.74) is -0.468. The van der Waals surface area contributed by atoms with Crippen LogP contribution in [0.25, 0.3) is 0 Å². The summed E-state index contributed by atoms with van der Waals surface area (Å²) in [6.45, 7) is 0. The zero-order valence-electron chi connectivity index (χ0n) is 12.1. The first kappa shape index (κ1) is 21.7. The van der Waals surface area contributed by atoms with Crippen LogP contribution in [-0.4, -0.2) is 48.5 Å². The van der Waals surface area contributed by atoms with Crippen molar-refractivity contribution in [2.75, 3.05) is 0 Å². The van der Waals surface area contributed by atoms with E-state index in [1.807, 2.05) is 0 Å². The van der Waals surface area contributed by atoms with E-state index in [2.05, 4.69) is 4.18 Å². The quantitative estimate of drug-likeness (QED) is 0.485. The van der Waals surface area contributed by atoms with Crippen LogP contribution in [0.15, 0.2) is 48.5 Å². The fourth-order valence-electron chi connectivity index (χ4n) is 1.44. The number of hydrogen-bond donors (Lipinski definition) is 2. The van der Waals surface area contributed by atoms with Crippen molar-refractivity contribution < 1.29 is 37.5 Å². The van der Waals surface area contributed by atoms with Crippen LogP contribution in [0.3, 0.4) is 0 Å². The molecule has 2 rings (SSSR count). The number of para-hydroxylation sites is 2. The predicted molar refractivity (Wildman–Crippen MR) is 79.9 cm³/mol. The number of aromatic hydroxyl groups is 1. The molecule has 1 N–H and O–H groups in total. The minimum absolute atomic E-state index is 0. The smallest absolute Gasteiger partial charge is 0.545 e. The van der Waals surface area contributed by atoms with Crippen molar-refractivity contribution in [3.8, 4) is 11.5 Å². The molecule has 24 heavy (non-hydrogen) atoms. The van der Waals surface area contributed by atoms with Gasteiger partial charge >= 0.3 is 23.1 Å². The summed E-state index contributed by atoms with van der Waals surface area (Å²) >= 11 is 0. The third-order valence-electron chi connectivity index (χ3n) is 2.40. The molecule has 0 spiro atoms. The van der Waals surface area contributed by atoms with E-state index in [4.69, 9.17) is 5.11 Å². The molecule has 0 aliphatic heterocycles. The van der Waals surface area contributed by atoms with Gasteiger partial charge in [0.05, 0.1) is 11.9 Å². The number of phenols is 1. The first-order valence-electron chi connectivity index (χ1n) is 5.95. The number of rotatable bonds is 4. The van der Waals surface area contributed by atoms with Crippen LogP contribution in [0.5, 0.6) is 11.5 Å². The Kier molecular flexibility index (Phi) is 9.46. The van der Waals surface area contributed by atoms with Crippen molar-refractivity contribution in [1.82, 2.24) is 0 Å². The largest absolute Gasteiger partial charge is 2.00 e. The topological polar surface area (TPSA) is 144 Å². The molecule has 0 heterocycles. The fourth-order valence-corrected chi connectivity index (χ4v) is 1.76. The van der Waals surface area contributed by atoms with Crippen LogP contribution in [0.2, 0.25) is 0 Å². The van der Waals surface area contributed by atoms with E-state index in [-0.39, 0.29) is 45.7 Å². The molecule has 8 nitrogen and oxygen atoms in total. The second-order valence-corrected chi connectivity index (χ2v) is 4.53. The van der Waals surface area contributed by atoms with Crippen molar-refractivity contribution in [3.05, 3.63) is 59.7 Å². The Labute approximate surface area is 154 Å². The Morgan fingerprint density at radius 2 is 1.33 bits per heavy atom. The Morgan fingerprint density at radius 3 is 1.75 bits per heavy atom. The Balaban J connectivity index is 0.000000436. The van der Waals surface area contributed by atoms with Gasteiger partial charge in [-0.3, -0.25) is 0 Å². The summed E-state index contributed by atoms with van der Waals surface area (Å²) in [7, 11) is -3.11. The molecule has 0 radical (unpaired) electrons. The molecule has 2 aromatic carbocycles. The normalized spacial score (nSPS) is 9.21. The maximum atomic E-state index is 10.4. The standard InChI is InChI=1S/C7H6O5S.C7H6O3.Mg/c8-7(9)5-3-1-2-4-6(5)12-13(10)11;8-6-4-2-1-3-5(6)7(9)10;/h1-4,13H,(H,8,9);1-4,8H,(H,9,10);/q;;+2/p-2. The van der Waals surface area contributed by atoms with E-state index in [1.165, 1.54) is 42.5 Å². The molecule has 0 aromatic heterocycles. The van der Waals surface area contributed by atoms with E-state index >= 15 is 0 Å². The second kappa shape index (κ2) is 10.5. The molecule has 0 saturated carbocycles. The molecule has 0 unspecified atom stereocenters. The second-order valence-electron chi connectivity index (χ2n) is 3.90. The van der Waals surface area contributed by atoms with Gasteiger partial charge in [-0.2, -0.15) is 8.42 Å². The molecule has 0 aliphatic rings. The number of carboxylic acid groups (broad SMARTS) is 2. The predicted octanol–water partition coefficient (Wildman–Crippen LogP) is -1.67. The Hall–Kier alpha value is -2.30. The Morgan fingerprint density at radius 1 is 0.875 bits per heavy atom. The molecule has 0 amide bonds. The van der Waals surface area contributed by atoms with Gasteiger partial charge in [-0.25, -0.2) is 0 Å². The maximum absolute atomic E-state index is 10.4. The number of carboxylic acids is 2. The van der Waals surface area contributed by atoms with Gasteiger partial charge in [0.25, 0.3) is 11.0 Å². The minimum Gasteiger partial charge on any atom is -0.545 e. The van der Waals surface area contributed by atoms with E-state index in [0.29, 0.717) is 0 Å². The summed E-state index contributed by atoms with van der Waals surface area (Å²) in [6, 6.07) is 11.0. The molecule has 0 fully saturated rings. The summed E-state index contributed by atoms with van der Waals surface area (Å²) in [5.74, 6) is -3.34. The number of aromatic carboxylic acids is 2. The zero-order chi connectivity index (χ0) is 17.4. The molecule has 10 heteroatoms. The van der Waals surface area contributed by atoms with E-state index in [0.717, 1.165) is 0 Å². The van der Waals surface area contributed by atoms with Crippen LogP contribution in [0, 0.1) is 0 Å². The first-order chi connectivity index (χ1) is 10.8. The number of hydrogen-bond acceptors (Lipinski definition) is 8. The van der Waals surface area contributed by atoms with Crippen LogP contribution >= 0.6 is 0 Å². The van der Waals surface area contributed by atoms with Crippen LogP contribution < -0.4 is 14.4 Å². The monoisotopic (exact) mass is 362 g/mol. The fraction of sp³-hybridized carbons (Fsp3) is 0. The van der Waals surface area contributed by atoms with Crippen LogP contribution in [0.1, 0.15) is 20.7 Å². The van der Waals surface area contributed by atoms with E-state index in [9.17, 15) is 28.2 Å². The third-order valence-corrected chi connectivity index (χ3v) is 2.75. The number of carbonyl (C=O) groups is 2. The number of thiol groups is 1. The SMILES string of the molecule is O=C([O-])c1ccccc1O.O=C([O-])c1ccccc1O[SH](=O)=O.[Mg+2]. The molecule has 122 valence electrons. The number of benzene rings is 2. The molecule has 0 saturated heterocycles. The molecule has 0 bridgehead atoms. The van der Waals surface area contributed by atoms with Gasteiger partial charge in [0.1, 0.15) is 5.75 Å². The average Bonchev–Trinajstić information content (AvgIpc) is 2.47. The van der Waals surface area contributed by atoms with Crippen LogP contribution in [-0.2, 0) is 11.0 Å². The summed E-state index contributed by atoms with van der Waals surface area (Å²) in [6.07, 6.45) is 0. The zero-order valence-corrected chi connectivity index (χ0v) is 14.4. The van der Waals surface area contributed by atoms with Crippen molar-refractivity contribution in [3.63, 3.8) is 0 Å². The van der Waals surface area contributed by atoms with Gasteiger partial charge in [-0.15, -0.1) is 0 Å². The number of carbonyl (C=O) groups excluding carboxylic acids is 2. The van der Waals surface area contributed by atoms with E-state index in [1.54, 1.807) is 6.07 Å². The molecule has 2 aromatic rings. The van der Waals surface area contributed by atoms with Crippen molar-refractivity contribution >= 4 is 46.0 Å². The first-order valence-corrected chi connectivity index (χ1v) is 7.04. The molecule has 0 aliphatic carbocycles. The van der Waals surface area contributed by atoms with Gasteiger partial charge in [0.15, 0.2) is 5.75 Å². The van der Waals surface area contributed by atoms with Gasteiger partial charge in [-0.1, -0.05) is 24.3 Å². The maximum Gasteiger partial charge on any atom is 2.00 e. The summed E-state index contributed by atoms with van der Waals surface area (Å²) < 4.78 is 24.5. The van der Waals surface area contributed by atoms with Crippen molar-refractivity contribution in [1.29, 1.82) is 0 Å². The van der Waals surface area contributed by atoms with Gasteiger partial charge in [0.2, 0.25) is 0 Å². The average molecular weight is 363 g/mol. The minimum atomic E-state index is -3.11. The molecular formula is C14H10MgO8S. The third kappa shape index (κ3) is 6.85. The Bertz CT molecular complexity index is 780.